The number of aryl methyl sites for hydroxylation is 2. The number of anilines is 4. The molecule has 376 valence electrons. The number of nitrogens with zero attached hydrogens (tertiary/aromatic N) is 4. The van der Waals surface area contributed by atoms with Gasteiger partial charge >= 0.3 is 0 Å². The van der Waals surface area contributed by atoms with Crippen molar-refractivity contribution < 1.29 is 38.0 Å². The second-order valence-electron chi connectivity index (χ2n) is 20.2. The molecule has 0 radical (unpaired) electrons. The highest BCUT2D eigenvalue weighted by atomic mass is 32.2. The summed E-state index contributed by atoms with van der Waals surface area (Å²) in [6.45, 7) is 16.4. The van der Waals surface area contributed by atoms with Gasteiger partial charge in [-0.05, 0) is 134 Å². The van der Waals surface area contributed by atoms with Crippen molar-refractivity contribution in [3.63, 3.8) is 0 Å². The van der Waals surface area contributed by atoms with Gasteiger partial charge in [-0.25, -0.2) is 0 Å². The van der Waals surface area contributed by atoms with Crippen molar-refractivity contribution in [2.45, 2.75) is 95.6 Å². The summed E-state index contributed by atoms with van der Waals surface area (Å²) in [7, 11) is 5.33. The molecule has 71 heavy (non-hydrogen) atoms. The van der Waals surface area contributed by atoms with Crippen LogP contribution in [0.4, 0.5) is 22.7 Å². The van der Waals surface area contributed by atoms with E-state index in [-0.39, 0.29) is 35.3 Å². The number of ether oxygens (including phenoxy) is 6. The quantitative estimate of drug-likeness (QED) is 0.0657. The Labute approximate surface area is 424 Å². The first kappa shape index (κ1) is 50.2. The van der Waals surface area contributed by atoms with Crippen LogP contribution in [0.25, 0.3) is 0 Å². The molecule has 0 aliphatic carbocycles. The van der Waals surface area contributed by atoms with E-state index in [1.54, 1.807) is 14.2 Å². The van der Waals surface area contributed by atoms with E-state index in [0.29, 0.717) is 75.0 Å². The molecular formula is C58H70N4O8S. The zero-order chi connectivity index (χ0) is 49.8. The van der Waals surface area contributed by atoms with Gasteiger partial charge in [0, 0.05) is 73.3 Å². The summed E-state index contributed by atoms with van der Waals surface area (Å²) in [5.41, 5.74) is 11.5. The highest BCUT2D eigenvalue weighted by Crippen LogP contribution is 2.43. The van der Waals surface area contributed by atoms with Gasteiger partial charge in [0.05, 0.1) is 57.4 Å². The van der Waals surface area contributed by atoms with Gasteiger partial charge in [0.1, 0.15) is 19.0 Å². The lowest BCUT2D eigenvalue weighted by Gasteiger charge is -2.35. The molecule has 9 rings (SSSR count). The van der Waals surface area contributed by atoms with Gasteiger partial charge < -0.3 is 48.0 Å². The molecule has 12 nitrogen and oxygen atoms in total. The van der Waals surface area contributed by atoms with Crippen LogP contribution in [0.2, 0.25) is 0 Å². The van der Waals surface area contributed by atoms with Crippen molar-refractivity contribution >= 4 is 46.3 Å². The summed E-state index contributed by atoms with van der Waals surface area (Å²) in [5.74, 6) is 1.85. The smallest absolute Gasteiger partial charge is 0.260 e. The fourth-order valence-corrected chi connectivity index (χ4v) is 12.4. The van der Waals surface area contributed by atoms with Crippen molar-refractivity contribution in [1.82, 2.24) is 0 Å². The van der Waals surface area contributed by atoms with E-state index in [1.807, 2.05) is 78.0 Å². The summed E-state index contributed by atoms with van der Waals surface area (Å²) in [6.07, 6.45) is 3.38. The van der Waals surface area contributed by atoms with E-state index in [1.165, 1.54) is 11.1 Å². The number of fused-ring (bicyclic) bond motifs is 8. The number of carbonyl (C=O) groups is 2. The number of amides is 2. The van der Waals surface area contributed by atoms with Crippen LogP contribution in [-0.2, 0) is 46.7 Å². The number of para-hydroxylation sites is 2. The Balaban J connectivity index is 1.00. The van der Waals surface area contributed by atoms with E-state index in [4.69, 9.17) is 28.4 Å². The number of rotatable bonds is 21. The lowest BCUT2D eigenvalue weighted by molar-refractivity contribution is 0.0264. The number of carbonyl (C=O) groups excluding carboxylic acids is 2. The maximum atomic E-state index is 14.4. The number of hydrogen-bond acceptors (Lipinski definition) is 11. The monoisotopic (exact) mass is 982 g/mol. The summed E-state index contributed by atoms with van der Waals surface area (Å²) in [5, 5.41) is 0.445. The van der Waals surface area contributed by atoms with Crippen LogP contribution in [0.3, 0.4) is 0 Å². The molecule has 13 heteroatoms. The standard InChI is InChI=1S/C58H70N4O8S/c1-38(2)71-58(4,5)37-60(19-20-67-23-24-68-22-21-65-7)46-27-40(35-69-53-31-42-17-18-45-29-43-13-9-11-15-50(43)61(45)56(63)48(42)25-39(53)3)26-41(28-46)36-70-55-33-52-49(32-54(55)66-8)57(64)62-47(34-59(52)6)30-44-14-10-12-16-51(44)62/h9-16,25-28,31-33,38,45,47H,17-24,29-30,34-37H2,1-8H3/t45-,47+/m1/s1. The molecule has 5 aromatic carbocycles. The molecule has 0 saturated heterocycles. The number of likely N-dealkylation sites (N-methyl/N-ethyl adjacent to an activating group) is 1. The third-order valence-corrected chi connectivity index (χ3v) is 15.2. The molecule has 0 N–H and O–H groups in total. The van der Waals surface area contributed by atoms with Crippen LogP contribution in [0, 0.1) is 6.92 Å². The van der Waals surface area contributed by atoms with Crippen LogP contribution >= 0.6 is 11.8 Å². The summed E-state index contributed by atoms with van der Waals surface area (Å²) in [6, 6.07) is 31.1. The predicted molar refractivity (Wildman–Crippen MR) is 285 cm³/mol. The molecule has 0 saturated carbocycles. The number of methoxy groups -OCH3 is 2. The number of hydrogen-bond donors (Lipinski definition) is 0. The van der Waals surface area contributed by atoms with Crippen molar-refractivity contribution in [2.24, 2.45) is 0 Å². The first-order valence-corrected chi connectivity index (χ1v) is 26.0. The molecule has 0 spiro atoms. The highest BCUT2D eigenvalue weighted by molar-refractivity contribution is 8.01. The van der Waals surface area contributed by atoms with Gasteiger partial charge in [-0.1, -0.05) is 50.2 Å². The lowest BCUT2D eigenvalue weighted by Crippen LogP contribution is -2.41. The summed E-state index contributed by atoms with van der Waals surface area (Å²) < 4.78 is 36.3. The van der Waals surface area contributed by atoms with Gasteiger partial charge in [-0.3, -0.25) is 9.59 Å². The van der Waals surface area contributed by atoms with Crippen molar-refractivity contribution in [3.05, 3.63) is 136 Å². The maximum Gasteiger partial charge on any atom is 0.260 e. The van der Waals surface area contributed by atoms with Crippen LogP contribution in [-0.4, -0.2) is 108 Å². The van der Waals surface area contributed by atoms with Gasteiger partial charge in [0.2, 0.25) is 0 Å². The molecule has 5 aromatic rings. The molecule has 2 amide bonds. The first-order chi connectivity index (χ1) is 34.3. The minimum Gasteiger partial charge on any atom is -0.493 e. The maximum absolute atomic E-state index is 14.4. The molecule has 0 fully saturated rings. The highest BCUT2D eigenvalue weighted by Gasteiger charge is 2.40. The Hall–Kier alpha value is -5.73. The van der Waals surface area contributed by atoms with E-state index in [9.17, 15) is 9.59 Å². The normalized spacial score (nSPS) is 17.0. The van der Waals surface area contributed by atoms with Gasteiger partial charge in [0.25, 0.3) is 11.8 Å². The van der Waals surface area contributed by atoms with E-state index in [2.05, 4.69) is 86.0 Å². The zero-order valence-corrected chi connectivity index (χ0v) is 43.6. The van der Waals surface area contributed by atoms with E-state index >= 15 is 0 Å². The van der Waals surface area contributed by atoms with E-state index in [0.717, 1.165) is 88.5 Å². The third-order valence-electron chi connectivity index (χ3n) is 14.0. The van der Waals surface area contributed by atoms with Gasteiger partial charge in [-0.15, -0.1) is 0 Å². The number of thioether (sulfide) groups is 1. The minimum absolute atomic E-state index is 0.0236. The molecule has 0 bridgehead atoms. The molecule has 0 unspecified atom stereocenters. The average molecular weight is 983 g/mol. The van der Waals surface area contributed by atoms with E-state index < -0.39 is 0 Å². The van der Waals surface area contributed by atoms with Crippen LogP contribution in [0.5, 0.6) is 17.2 Å². The van der Waals surface area contributed by atoms with Crippen LogP contribution in [0.15, 0.2) is 91.0 Å². The van der Waals surface area contributed by atoms with Gasteiger partial charge in [0.15, 0.2) is 11.5 Å². The Bertz CT molecular complexity index is 2730. The Morgan fingerprint density at radius 2 is 1.31 bits per heavy atom. The Morgan fingerprint density at radius 1 is 0.690 bits per heavy atom. The average Bonchev–Trinajstić information content (AvgIpc) is 3.85. The largest absolute Gasteiger partial charge is 0.493 e. The Morgan fingerprint density at radius 3 is 1.99 bits per heavy atom. The minimum atomic E-state index is -0.0794. The molecule has 0 aromatic heterocycles. The lowest BCUT2D eigenvalue weighted by atomic mass is 9.98. The Kier molecular flexibility index (Phi) is 15.5. The van der Waals surface area contributed by atoms with Crippen LogP contribution in [0.1, 0.15) is 88.2 Å². The van der Waals surface area contributed by atoms with Crippen molar-refractivity contribution in [2.75, 3.05) is 93.5 Å². The van der Waals surface area contributed by atoms with Crippen molar-refractivity contribution in [1.29, 1.82) is 0 Å². The molecule has 2 atom stereocenters. The zero-order valence-electron chi connectivity index (χ0n) is 42.8. The SMILES string of the molecule is COCCOCCOCCN(CC(C)(C)SC(C)C)c1cc(COc2cc3c(cc2C)C(=O)N2c4ccccc4C[C@H]2CC3)cc(COc2cc3c(cc2OC)C(=O)N2c4ccccc4C[C@H]2CN3C)c1. The fourth-order valence-electron chi connectivity index (χ4n) is 10.9. The topological polar surface area (TPSA) is 102 Å². The van der Waals surface area contributed by atoms with Crippen molar-refractivity contribution in [3.8, 4) is 17.2 Å². The molecule has 4 aliphatic rings. The third kappa shape index (κ3) is 11.2. The fraction of sp³-hybridized carbons (Fsp3) is 0.448. The second-order valence-corrected chi connectivity index (χ2v) is 22.5. The first-order valence-electron chi connectivity index (χ1n) is 25.2. The molecule has 4 aliphatic heterocycles. The second kappa shape index (κ2) is 21.9. The number of benzene rings is 5. The summed E-state index contributed by atoms with van der Waals surface area (Å²) >= 11 is 1.96. The van der Waals surface area contributed by atoms with Crippen LogP contribution < -0.4 is 33.8 Å². The molecular weight excluding hydrogens is 913 g/mol. The summed E-state index contributed by atoms with van der Waals surface area (Å²) in [4.78, 5) is 37.1. The predicted octanol–water partition coefficient (Wildman–Crippen LogP) is 10.1. The molecule has 4 heterocycles. The van der Waals surface area contributed by atoms with Gasteiger partial charge in [-0.2, -0.15) is 11.8 Å².